The number of hydrogen-bond acceptors (Lipinski definition) is 4. The molecule has 0 aromatic heterocycles. The lowest BCUT2D eigenvalue weighted by Crippen LogP contribution is -2.42. The first-order valence-electron chi connectivity index (χ1n) is 10.8. The third kappa shape index (κ3) is 5.54. The van der Waals surface area contributed by atoms with Crippen LogP contribution in [0, 0.1) is 5.92 Å². The summed E-state index contributed by atoms with van der Waals surface area (Å²) >= 11 is 6.31. The van der Waals surface area contributed by atoms with Gasteiger partial charge >= 0.3 is 0 Å². The zero-order chi connectivity index (χ0) is 20.8. The minimum absolute atomic E-state index is 0.0360. The number of likely N-dealkylation sites (tertiary alicyclic amines) is 1. The van der Waals surface area contributed by atoms with E-state index in [1.165, 1.54) is 5.69 Å². The molecule has 2 aromatic carbocycles. The van der Waals surface area contributed by atoms with Crippen LogP contribution >= 0.6 is 11.6 Å². The summed E-state index contributed by atoms with van der Waals surface area (Å²) in [5, 5.41) is 3.93. The van der Waals surface area contributed by atoms with E-state index in [0.29, 0.717) is 6.54 Å². The lowest BCUT2D eigenvalue weighted by molar-refractivity contribution is -0.126. The van der Waals surface area contributed by atoms with Crippen molar-refractivity contribution >= 4 is 23.2 Å². The second-order valence-corrected chi connectivity index (χ2v) is 8.56. The molecule has 2 aliphatic heterocycles. The number of rotatable bonds is 6. The number of carbonyl (C=O) groups excluding carboxylic acids is 1. The third-order valence-electron chi connectivity index (χ3n) is 6.01. The standard InChI is InChI=1S/C24H30ClN3O2/c25-23-6-2-1-4-20(23)17-27-11-3-5-21(18-27)24(29)26-16-19-7-9-22(10-8-19)28-12-14-30-15-13-28/h1-2,4,6-10,21H,3,5,11-18H2,(H,26,29)/t21-/m0/s1. The van der Waals surface area contributed by atoms with E-state index in [0.717, 1.165) is 74.9 Å². The van der Waals surface area contributed by atoms with E-state index in [4.69, 9.17) is 16.3 Å². The van der Waals surface area contributed by atoms with Crippen molar-refractivity contribution in [1.82, 2.24) is 10.2 Å². The smallest absolute Gasteiger partial charge is 0.224 e. The monoisotopic (exact) mass is 427 g/mol. The Morgan fingerprint density at radius 2 is 1.83 bits per heavy atom. The SMILES string of the molecule is O=C(NCc1ccc(N2CCOCC2)cc1)[C@H]1CCCN(Cc2ccccc2Cl)C1. The lowest BCUT2D eigenvalue weighted by Gasteiger charge is -2.32. The Labute approximate surface area is 184 Å². The summed E-state index contributed by atoms with van der Waals surface area (Å²) in [6.07, 6.45) is 1.98. The number of nitrogens with zero attached hydrogens (tertiary/aromatic N) is 2. The fourth-order valence-electron chi connectivity index (χ4n) is 4.26. The second-order valence-electron chi connectivity index (χ2n) is 8.15. The molecule has 4 rings (SSSR count). The average molecular weight is 428 g/mol. The van der Waals surface area contributed by atoms with Crippen LogP contribution < -0.4 is 10.2 Å². The zero-order valence-electron chi connectivity index (χ0n) is 17.4. The van der Waals surface area contributed by atoms with E-state index < -0.39 is 0 Å². The highest BCUT2D eigenvalue weighted by Crippen LogP contribution is 2.22. The Hall–Kier alpha value is -2.08. The minimum Gasteiger partial charge on any atom is -0.378 e. The summed E-state index contributed by atoms with van der Waals surface area (Å²) in [6.45, 7) is 6.60. The molecule has 0 saturated carbocycles. The first-order valence-corrected chi connectivity index (χ1v) is 11.2. The first kappa shape index (κ1) is 21.2. The fourth-order valence-corrected chi connectivity index (χ4v) is 4.46. The van der Waals surface area contributed by atoms with Crippen LogP contribution in [0.3, 0.4) is 0 Å². The Kier molecular flexibility index (Phi) is 7.26. The predicted octanol–water partition coefficient (Wildman–Crippen LogP) is 3.71. The fraction of sp³-hybridized carbons (Fsp3) is 0.458. The minimum atomic E-state index is 0.0360. The number of benzene rings is 2. The van der Waals surface area contributed by atoms with Gasteiger partial charge in [-0.05, 0) is 48.7 Å². The van der Waals surface area contributed by atoms with Gasteiger partial charge in [-0.15, -0.1) is 0 Å². The molecular formula is C24H30ClN3O2. The van der Waals surface area contributed by atoms with Gasteiger partial charge in [-0.3, -0.25) is 9.69 Å². The molecule has 1 atom stereocenters. The molecule has 2 fully saturated rings. The second kappa shape index (κ2) is 10.3. The normalized spacial score (nSPS) is 20.2. The largest absolute Gasteiger partial charge is 0.378 e. The molecule has 30 heavy (non-hydrogen) atoms. The van der Waals surface area contributed by atoms with Gasteiger partial charge in [-0.25, -0.2) is 0 Å². The number of amides is 1. The molecule has 2 saturated heterocycles. The molecule has 0 spiro atoms. The van der Waals surface area contributed by atoms with E-state index in [2.05, 4.69) is 45.4 Å². The molecule has 1 amide bonds. The summed E-state index contributed by atoms with van der Waals surface area (Å²) in [5.41, 5.74) is 3.47. The Morgan fingerprint density at radius 1 is 1.07 bits per heavy atom. The topological polar surface area (TPSA) is 44.8 Å². The number of piperidine rings is 1. The van der Waals surface area contributed by atoms with Crippen molar-refractivity contribution in [2.45, 2.75) is 25.9 Å². The Balaban J connectivity index is 1.26. The highest BCUT2D eigenvalue weighted by atomic mass is 35.5. The van der Waals surface area contributed by atoms with Gasteiger partial charge in [-0.2, -0.15) is 0 Å². The number of carbonyl (C=O) groups is 1. The maximum atomic E-state index is 12.8. The van der Waals surface area contributed by atoms with Gasteiger partial charge in [0, 0.05) is 43.4 Å². The van der Waals surface area contributed by atoms with Crippen LogP contribution in [0.2, 0.25) is 5.02 Å². The van der Waals surface area contributed by atoms with Crippen LogP contribution in [0.4, 0.5) is 5.69 Å². The van der Waals surface area contributed by atoms with Crippen molar-refractivity contribution < 1.29 is 9.53 Å². The summed E-state index contributed by atoms with van der Waals surface area (Å²) in [5.74, 6) is 0.185. The molecule has 0 unspecified atom stereocenters. The van der Waals surface area contributed by atoms with Crippen molar-refractivity contribution in [3.8, 4) is 0 Å². The van der Waals surface area contributed by atoms with E-state index >= 15 is 0 Å². The van der Waals surface area contributed by atoms with Crippen molar-refractivity contribution in [3.05, 3.63) is 64.7 Å². The van der Waals surface area contributed by atoms with Crippen LogP contribution in [-0.2, 0) is 22.6 Å². The van der Waals surface area contributed by atoms with Crippen LogP contribution in [0.25, 0.3) is 0 Å². The highest BCUT2D eigenvalue weighted by molar-refractivity contribution is 6.31. The van der Waals surface area contributed by atoms with Gasteiger partial charge in [0.05, 0.1) is 19.1 Å². The lowest BCUT2D eigenvalue weighted by atomic mass is 9.96. The van der Waals surface area contributed by atoms with E-state index in [-0.39, 0.29) is 11.8 Å². The zero-order valence-corrected chi connectivity index (χ0v) is 18.1. The maximum absolute atomic E-state index is 12.8. The van der Waals surface area contributed by atoms with Crippen LogP contribution in [0.15, 0.2) is 48.5 Å². The molecule has 2 aliphatic rings. The molecule has 6 heteroatoms. The third-order valence-corrected chi connectivity index (χ3v) is 6.38. The quantitative estimate of drug-likeness (QED) is 0.763. The number of hydrogen-bond donors (Lipinski definition) is 1. The molecule has 160 valence electrons. The molecule has 2 heterocycles. The summed E-state index contributed by atoms with van der Waals surface area (Å²) in [4.78, 5) is 17.4. The van der Waals surface area contributed by atoms with Crippen molar-refractivity contribution in [3.63, 3.8) is 0 Å². The van der Waals surface area contributed by atoms with Gasteiger partial charge in [0.15, 0.2) is 0 Å². The van der Waals surface area contributed by atoms with Crippen molar-refractivity contribution in [1.29, 1.82) is 0 Å². The number of morpholine rings is 1. The maximum Gasteiger partial charge on any atom is 0.224 e. The summed E-state index contributed by atoms with van der Waals surface area (Å²) in [7, 11) is 0. The van der Waals surface area contributed by atoms with Crippen molar-refractivity contribution in [2.75, 3.05) is 44.3 Å². The van der Waals surface area contributed by atoms with Gasteiger partial charge in [0.2, 0.25) is 5.91 Å². The predicted molar refractivity (Wildman–Crippen MR) is 121 cm³/mol. The molecule has 2 aromatic rings. The average Bonchev–Trinajstić information content (AvgIpc) is 2.80. The van der Waals surface area contributed by atoms with Crippen LogP contribution in [0.1, 0.15) is 24.0 Å². The van der Waals surface area contributed by atoms with Gasteiger partial charge in [0.1, 0.15) is 0 Å². The van der Waals surface area contributed by atoms with E-state index in [9.17, 15) is 4.79 Å². The molecule has 0 aliphatic carbocycles. The van der Waals surface area contributed by atoms with E-state index in [1.54, 1.807) is 0 Å². The molecule has 0 radical (unpaired) electrons. The Morgan fingerprint density at radius 3 is 2.60 bits per heavy atom. The number of ether oxygens (including phenoxy) is 1. The number of anilines is 1. The summed E-state index contributed by atoms with van der Waals surface area (Å²) < 4.78 is 5.41. The molecule has 5 nitrogen and oxygen atoms in total. The molecule has 1 N–H and O–H groups in total. The van der Waals surface area contributed by atoms with Crippen LogP contribution in [0.5, 0.6) is 0 Å². The Bertz CT molecular complexity index is 837. The highest BCUT2D eigenvalue weighted by Gasteiger charge is 2.26. The molecule has 0 bridgehead atoms. The number of halogens is 1. The summed E-state index contributed by atoms with van der Waals surface area (Å²) in [6, 6.07) is 16.4. The van der Waals surface area contributed by atoms with Crippen LogP contribution in [-0.4, -0.2) is 50.2 Å². The van der Waals surface area contributed by atoms with Gasteiger partial charge in [0.25, 0.3) is 0 Å². The van der Waals surface area contributed by atoms with E-state index in [1.807, 2.05) is 18.2 Å². The first-order chi connectivity index (χ1) is 14.7. The van der Waals surface area contributed by atoms with Gasteiger partial charge < -0.3 is 15.0 Å². The van der Waals surface area contributed by atoms with Crippen molar-refractivity contribution in [2.24, 2.45) is 5.92 Å². The molecular weight excluding hydrogens is 398 g/mol. The van der Waals surface area contributed by atoms with Gasteiger partial charge in [-0.1, -0.05) is 41.9 Å². The number of nitrogens with one attached hydrogen (secondary N) is 1.